The van der Waals surface area contributed by atoms with Crippen molar-refractivity contribution in [2.24, 2.45) is 0 Å². The lowest BCUT2D eigenvalue weighted by Gasteiger charge is -2.45. The summed E-state index contributed by atoms with van der Waals surface area (Å²) in [5.74, 6) is 1.22. The molecule has 0 saturated carbocycles. The smallest absolute Gasteiger partial charge is 0.252 e. The second-order valence-corrected chi connectivity index (χ2v) is 25.5. The molecule has 2 aliphatic heterocycles. The molecule has 442 valence electrons. The molecule has 17 aromatic rings. The van der Waals surface area contributed by atoms with E-state index in [1.807, 2.05) is 35.6 Å². The van der Waals surface area contributed by atoms with E-state index in [0.717, 1.165) is 112 Å². The normalized spacial score (nSPS) is 12.4. The first kappa shape index (κ1) is 54.4. The van der Waals surface area contributed by atoms with Crippen LogP contribution in [0.3, 0.4) is 0 Å². The Morgan fingerprint density at radius 1 is 0.295 bits per heavy atom. The number of rotatable bonds is 10. The lowest BCUT2D eigenvalue weighted by Crippen LogP contribution is -2.61. The summed E-state index contributed by atoms with van der Waals surface area (Å²) in [6.07, 6.45) is 0. The standard InChI is InChI=1S/C86H54BN7S/c1-6-25-55(26-7-1)70-53-73(89-85(88-70)57-29-10-3-11-30-57)60-45-48-75(94-74-41-20-16-38-66(74)81-78(94)49-47-65-64-37-17-23-44-80(64)95-84(65)81)67(52-60)86-90-71(56-27-8-2-9-28-56)54-72(91-86)59-32-24-31-58(51-59)63-46-50-79-82-83(63)93(62-35-14-5-15-36-62)77-43-22-19-40-69(77)87(82)68-39-18-21-42-76(68)92(79)61-33-12-4-13-34-61/h1-54H. The maximum Gasteiger partial charge on any atom is 0.252 e. The minimum absolute atomic E-state index is 0.0408. The van der Waals surface area contributed by atoms with Crippen molar-refractivity contribution < 1.29 is 0 Å². The highest BCUT2D eigenvalue weighted by molar-refractivity contribution is 7.26. The van der Waals surface area contributed by atoms with Gasteiger partial charge in [0.05, 0.1) is 45.2 Å². The van der Waals surface area contributed by atoms with Gasteiger partial charge >= 0.3 is 0 Å². The molecule has 0 fully saturated rings. The first-order chi connectivity index (χ1) is 47.1. The van der Waals surface area contributed by atoms with E-state index in [1.54, 1.807) is 0 Å². The fourth-order valence-electron chi connectivity index (χ4n) is 14.8. The van der Waals surface area contributed by atoms with Gasteiger partial charge in [-0.25, -0.2) is 19.9 Å². The fourth-order valence-corrected chi connectivity index (χ4v) is 16.1. The minimum Gasteiger partial charge on any atom is -0.311 e. The van der Waals surface area contributed by atoms with E-state index < -0.39 is 0 Å². The number of benzene rings is 13. The first-order valence-corrected chi connectivity index (χ1v) is 33.0. The summed E-state index contributed by atoms with van der Waals surface area (Å²) in [5.41, 5.74) is 24.8. The Bertz CT molecular complexity index is 5810. The molecule has 0 aliphatic carbocycles. The van der Waals surface area contributed by atoms with Crippen molar-refractivity contribution in [2.75, 3.05) is 9.80 Å². The average Bonchev–Trinajstić information content (AvgIpc) is 1.09. The third-order valence-corrected chi connectivity index (χ3v) is 20.2. The van der Waals surface area contributed by atoms with E-state index in [9.17, 15) is 0 Å². The third kappa shape index (κ3) is 8.96. The Morgan fingerprint density at radius 2 is 0.800 bits per heavy atom. The summed E-state index contributed by atoms with van der Waals surface area (Å²) >= 11 is 1.86. The van der Waals surface area contributed by atoms with Gasteiger partial charge in [0.25, 0.3) is 6.71 Å². The predicted molar refractivity (Wildman–Crippen MR) is 397 cm³/mol. The summed E-state index contributed by atoms with van der Waals surface area (Å²) in [5, 5.41) is 4.93. The highest BCUT2D eigenvalue weighted by atomic mass is 32.1. The van der Waals surface area contributed by atoms with Gasteiger partial charge < -0.3 is 14.4 Å². The van der Waals surface area contributed by atoms with E-state index in [1.165, 1.54) is 53.0 Å². The molecule has 9 heteroatoms. The second kappa shape index (κ2) is 22.2. The molecular formula is C86H54BN7S. The van der Waals surface area contributed by atoms with Gasteiger partial charge in [0.2, 0.25) is 0 Å². The van der Waals surface area contributed by atoms with Gasteiger partial charge in [-0.2, -0.15) is 0 Å². The van der Waals surface area contributed by atoms with Crippen molar-refractivity contribution in [3.05, 3.63) is 328 Å². The summed E-state index contributed by atoms with van der Waals surface area (Å²) < 4.78 is 4.96. The topological polar surface area (TPSA) is 63.0 Å². The molecular weight excluding hydrogens is 1170 g/mol. The molecule has 0 spiro atoms. The average molecular weight is 1230 g/mol. The quantitative estimate of drug-likeness (QED) is 0.127. The van der Waals surface area contributed by atoms with Crippen LogP contribution in [0.2, 0.25) is 0 Å². The van der Waals surface area contributed by atoms with Crippen LogP contribution < -0.4 is 26.2 Å². The SMILES string of the molecule is c1ccc(-c2cc(-c3ccc(-n4c5ccccc5c5c6sc7ccccc7c6ccc54)c(-c4nc(-c5ccccc5)cc(-c5cccc(-c6ccc7c8c6N(c6ccccc6)c6ccccc6B8c6ccccc6N7c6ccccc6)c5)n4)c3)nc(-c3ccccc3)n2)cc1. The van der Waals surface area contributed by atoms with Crippen LogP contribution in [-0.4, -0.2) is 31.2 Å². The first-order valence-electron chi connectivity index (χ1n) is 32.2. The number of para-hydroxylation sites is 5. The minimum atomic E-state index is -0.0408. The van der Waals surface area contributed by atoms with Gasteiger partial charge in [-0.15, -0.1) is 11.3 Å². The molecule has 0 unspecified atom stereocenters. The van der Waals surface area contributed by atoms with E-state index >= 15 is 0 Å². The largest absolute Gasteiger partial charge is 0.311 e. The van der Waals surface area contributed by atoms with Crippen LogP contribution in [0.5, 0.6) is 0 Å². The molecule has 0 N–H and O–H groups in total. The Hall–Kier alpha value is -12.3. The molecule has 2 aliphatic rings. The summed E-state index contributed by atoms with van der Waals surface area (Å²) in [4.78, 5) is 27.1. The molecule has 0 bridgehead atoms. The van der Waals surface area contributed by atoms with Crippen LogP contribution in [0.15, 0.2) is 328 Å². The molecule has 95 heavy (non-hydrogen) atoms. The molecule has 7 nitrogen and oxygen atoms in total. The van der Waals surface area contributed by atoms with Crippen LogP contribution in [0, 0.1) is 0 Å². The number of fused-ring (bicyclic) bond motifs is 11. The molecule has 4 aromatic heterocycles. The molecule has 0 atom stereocenters. The maximum atomic E-state index is 5.83. The number of anilines is 6. The number of nitrogens with zero attached hydrogens (tertiary/aromatic N) is 7. The van der Waals surface area contributed by atoms with Gasteiger partial charge in [-0.1, -0.05) is 237 Å². The van der Waals surface area contributed by atoms with Crippen molar-refractivity contribution in [3.8, 4) is 84.6 Å². The Kier molecular flexibility index (Phi) is 12.7. The highest BCUT2D eigenvalue weighted by Gasteiger charge is 2.44. The Labute approximate surface area is 553 Å². The van der Waals surface area contributed by atoms with Gasteiger partial charge in [-0.05, 0) is 113 Å². The zero-order chi connectivity index (χ0) is 62.5. The molecule has 13 aromatic carbocycles. The molecule has 0 radical (unpaired) electrons. The van der Waals surface area contributed by atoms with Crippen LogP contribution >= 0.6 is 11.3 Å². The predicted octanol–water partition coefficient (Wildman–Crippen LogP) is 20.5. The van der Waals surface area contributed by atoms with Crippen molar-refractivity contribution in [2.45, 2.75) is 0 Å². The van der Waals surface area contributed by atoms with Crippen LogP contribution in [0.4, 0.5) is 34.1 Å². The van der Waals surface area contributed by atoms with Crippen molar-refractivity contribution >= 4 is 111 Å². The lowest BCUT2D eigenvalue weighted by atomic mass is 9.33. The van der Waals surface area contributed by atoms with E-state index in [0.29, 0.717) is 11.6 Å². The highest BCUT2D eigenvalue weighted by Crippen LogP contribution is 2.50. The Balaban J connectivity index is 0.854. The van der Waals surface area contributed by atoms with Gasteiger partial charge in [-0.3, -0.25) is 0 Å². The molecule has 19 rings (SSSR count). The monoisotopic (exact) mass is 1230 g/mol. The van der Waals surface area contributed by atoms with Crippen molar-refractivity contribution in [1.29, 1.82) is 0 Å². The molecule has 0 saturated heterocycles. The van der Waals surface area contributed by atoms with E-state index in [-0.39, 0.29) is 6.71 Å². The number of thiophene rings is 1. The van der Waals surface area contributed by atoms with Crippen molar-refractivity contribution in [1.82, 2.24) is 24.5 Å². The van der Waals surface area contributed by atoms with Crippen LogP contribution in [0.25, 0.3) is 127 Å². The molecule has 0 amide bonds. The van der Waals surface area contributed by atoms with Crippen molar-refractivity contribution in [3.63, 3.8) is 0 Å². The number of hydrogen-bond donors (Lipinski definition) is 0. The lowest BCUT2D eigenvalue weighted by molar-refractivity contribution is 1.13. The second-order valence-electron chi connectivity index (χ2n) is 24.4. The summed E-state index contributed by atoms with van der Waals surface area (Å²) in [6.45, 7) is -0.0408. The van der Waals surface area contributed by atoms with Crippen LogP contribution in [-0.2, 0) is 0 Å². The zero-order valence-corrected chi connectivity index (χ0v) is 52.1. The number of aromatic nitrogens is 5. The van der Waals surface area contributed by atoms with Gasteiger partial charge in [0, 0.05) is 98.3 Å². The summed E-state index contributed by atoms with van der Waals surface area (Å²) in [7, 11) is 0. The zero-order valence-electron chi connectivity index (χ0n) is 51.3. The molecule has 6 heterocycles. The van der Waals surface area contributed by atoms with Crippen LogP contribution in [0.1, 0.15) is 0 Å². The maximum absolute atomic E-state index is 5.83. The number of hydrogen-bond acceptors (Lipinski definition) is 7. The van der Waals surface area contributed by atoms with E-state index in [2.05, 4.69) is 318 Å². The third-order valence-electron chi connectivity index (χ3n) is 19.0. The Morgan fingerprint density at radius 3 is 1.47 bits per heavy atom. The summed E-state index contributed by atoms with van der Waals surface area (Å²) in [6, 6.07) is 118. The van der Waals surface area contributed by atoms with Gasteiger partial charge in [0.1, 0.15) is 0 Å². The van der Waals surface area contributed by atoms with Gasteiger partial charge in [0.15, 0.2) is 11.6 Å². The fraction of sp³-hybridized carbons (Fsp3) is 0. The van der Waals surface area contributed by atoms with E-state index in [4.69, 9.17) is 19.9 Å².